The Balaban J connectivity index is 1.52. The molecule has 0 spiro atoms. The van der Waals surface area contributed by atoms with Crippen molar-refractivity contribution in [2.45, 2.75) is 67.5 Å². The third-order valence-electron chi connectivity index (χ3n) is 7.48. The van der Waals surface area contributed by atoms with Crippen molar-refractivity contribution in [3.8, 4) is 28.7 Å². The van der Waals surface area contributed by atoms with Gasteiger partial charge < -0.3 is 79.9 Å². The zero-order valence-corrected chi connectivity index (χ0v) is 22.2. The first-order chi connectivity index (χ1) is 20.4. The average molecular weight is 614 g/mol. The van der Waals surface area contributed by atoms with E-state index in [4.69, 9.17) is 18.9 Å². The molecule has 2 saturated heterocycles. The van der Waals surface area contributed by atoms with Gasteiger partial charge in [0.1, 0.15) is 59.8 Å². The van der Waals surface area contributed by atoms with Crippen molar-refractivity contribution in [2.75, 3.05) is 13.2 Å². The lowest BCUT2D eigenvalue weighted by molar-refractivity contribution is -0.364. The van der Waals surface area contributed by atoms with Crippen molar-refractivity contribution >= 4 is 6.08 Å². The van der Waals surface area contributed by atoms with Crippen LogP contribution >= 0.6 is 0 Å². The van der Waals surface area contributed by atoms with Crippen LogP contribution in [-0.4, -0.2) is 136 Å². The quantitative estimate of drug-likeness (QED) is 0.114. The summed E-state index contributed by atoms with van der Waals surface area (Å²) in [5.74, 6) is -1.55. The number of phenols is 4. The highest BCUT2D eigenvalue weighted by atomic mass is 16.8. The van der Waals surface area contributed by atoms with Crippen LogP contribution in [0.5, 0.6) is 28.7 Å². The molecule has 12 N–H and O–H groups in total. The summed E-state index contributed by atoms with van der Waals surface area (Å²) >= 11 is 0. The van der Waals surface area contributed by atoms with Crippen LogP contribution in [0.2, 0.25) is 0 Å². The minimum absolute atomic E-state index is 0.0914. The maximum absolute atomic E-state index is 11.0. The Morgan fingerprint density at radius 3 is 2.00 bits per heavy atom. The standard InChI is InChI=1S/C27H32O16/c28-7-17-19(34)21(36)23(38)26(41-17)43-25-22(37)20(35)18(8-29)42-27(25)40-16-6-11-13(32)4-10(30)5-15(11)39-24(16)9-1-2-12(31)14(33)3-9/h1-6,17-38H,7-8H2/p+1/t17-,18-,19-,20-,21+,22+,23-,24?,25-,26+,27-/m1/s1. The molecule has 0 aliphatic carbocycles. The number of hydrogen-bond acceptors (Lipinski definition) is 15. The summed E-state index contributed by atoms with van der Waals surface area (Å²) in [5, 5.41) is 112. The first-order valence-corrected chi connectivity index (χ1v) is 13.2. The summed E-state index contributed by atoms with van der Waals surface area (Å²) in [6, 6.07) is 6.11. The predicted octanol–water partition coefficient (Wildman–Crippen LogP) is -2.51. The van der Waals surface area contributed by atoms with Gasteiger partial charge in [0.2, 0.25) is 6.29 Å². The van der Waals surface area contributed by atoms with Crippen molar-refractivity contribution in [1.29, 1.82) is 0 Å². The lowest BCUT2D eigenvalue weighted by atomic mass is 9.97. The number of ether oxygens (including phenoxy) is 5. The molecule has 2 fully saturated rings. The summed E-state index contributed by atoms with van der Waals surface area (Å²) in [6.45, 7) is -1.54. The van der Waals surface area contributed by atoms with E-state index in [0.717, 1.165) is 6.07 Å². The van der Waals surface area contributed by atoms with Crippen molar-refractivity contribution in [2.24, 2.45) is 0 Å². The molecule has 1 unspecified atom stereocenters. The van der Waals surface area contributed by atoms with Gasteiger partial charge in [-0.25, -0.2) is 0 Å². The molecule has 5 rings (SSSR count). The third kappa shape index (κ3) is 5.89. The van der Waals surface area contributed by atoms with Crippen LogP contribution in [0.15, 0.2) is 36.1 Å². The maximum Gasteiger partial charge on any atom is 0.270 e. The van der Waals surface area contributed by atoms with Gasteiger partial charge in [-0.15, -0.1) is 0 Å². The molecule has 0 saturated carbocycles. The van der Waals surface area contributed by atoms with Gasteiger partial charge in [-0.05, 0) is 18.2 Å². The molecule has 0 amide bonds. The van der Waals surface area contributed by atoms with Gasteiger partial charge in [-0.2, -0.15) is 0 Å². The number of aromatic hydroxyl groups is 5. The highest BCUT2D eigenvalue weighted by Gasteiger charge is 2.52. The average Bonchev–Trinajstić information content (AvgIpc) is 2.98. The van der Waals surface area contributed by atoms with Crippen molar-refractivity contribution in [3.63, 3.8) is 0 Å². The van der Waals surface area contributed by atoms with Crippen molar-refractivity contribution in [3.05, 3.63) is 47.2 Å². The number of rotatable bonds is 7. The monoisotopic (exact) mass is 613 g/mol. The largest absolute Gasteiger partial charge is 0.571 e. The summed E-state index contributed by atoms with van der Waals surface area (Å²) in [7, 11) is 0. The smallest absolute Gasteiger partial charge is 0.270 e. The lowest BCUT2D eigenvalue weighted by Crippen LogP contribution is -2.64. The molecule has 16 nitrogen and oxygen atoms in total. The second-order valence-electron chi connectivity index (χ2n) is 10.3. The Kier molecular flexibility index (Phi) is 8.87. The highest BCUT2D eigenvalue weighted by molar-refractivity contribution is 5.69. The van der Waals surface area contributed by atoms with E-state index in [1.54, 1.807) is 0 Å². The van der Waals surface area contributed by atoms with Crippen LogP contribution in [0.25, 0.3) is 6.08 Å². The Morgan fingerprint density at radius 1 is 0.698 bits per heavy atom. The molecule has 2 aromatic carbocycles. The molecule has 11 atom stereocenters. The minimum atomic E-state index is -1.88. The van der Waals surface area contributed by atoms with Crippen LogP contribution in [0.3, 0.4) is 0 Å². The molecule has 16 heteroatoms. The van der Waals surface area contributed by atoms with Crippen LogP contribution in [0, 0.1) is 0 Å². The minimum Gasteiger partial charge on any atom is -0.571 e. The van der Waals surface area contributed by atoms with E-state index in [9.17, 15) is 56.2 Å². The van der Waals surface area contributed by atoms with E-state index in [2.05, 4.69) is 4.74 Å². The molecule has 3 aliphatic heterocycles. The van der Waals surface area contributed by atoms with Gasteiger partial charge in [0.25, 0.3) is 11.9 Å². The molecule has 2 aromatic rings. The summed E-state index contributed by atoms with van der Waals surface area (Å²) in [5.41, 5.74) is 0.366. The Labute approximate surface area is 243 Å². The van der Waals surface area contributed by atoms with Gasteiger partial charge in [-0.1, -0.05) is 0 Å². The Hall–Kier alpha value is -3.42. The summed E-state index contributed by atoms with van der Waals surface area (Å²) in [6.07, 6.45) is -16.7. The van der Waals surface area contributed by atoms with Gasteiger partial charge in [0.15, 0.2) is 29.7 Å². The zero-order valence-electron chi connectivity index (χ0n) is 22.2. The van der Waals surface area contributed by atoms with Crippen LogP contribution in [-0.2, 0) is 18.9 Å². The molecule has 3 aliphatic rings. The second-order valence-corrected chi connectivity index (χ2v) is 10.3. The molecule has 0 radical (unpaired) electrons. The van der Waals surface area contributed by atoms with Gasteiger partial charge >= 0.3 is 0 Å². The van der Waals surface area contributed by atoms with Gasteiger partial charge in [-0.3, -0.25) is 0 Å². The Bertz CT molecular complexity index is 1330. The number of aliphatic hydroxyl groups is 8. The molecule has 0 bridgehead atoms. The lowest BCUT2D eigenvalue weighted by Gasteiger charge is -2.46. The molecule has 236 valence electrons. The van der Waals surface area contributed by atoms with E-state index in [1.165, 1.54) is 30.3 Å². The molecule has 3 heterocycles. The van der Waals surface area contributed by atoms with Crippen molar-refractivity contribution in [1.82, 2.24) is 0 Å². The normalized spacial score (nSPS) is 35.9. The molecular weight excluding hydrogens is 580 g/mol. The second kappa shape index (κ2) is 12.3. The van der Waals surface area contributed by atoms with Crippen molar-refractivity contribution < 1.29 is 79.9 Å². The van der Waals surface area contributed by atoms with E-state index >= 15 is 0 Å². The number of benzene rings is 2. The molecular formula is C27H33O16+. The zero-order chi connectivity index (χ0) is 31.2. The van der Waals surface area contributed by atoms with E-state index in [-0.39, 0.29) is 34.1 Å². The fraction of sp³-hybridized carbons (Fsp3) is 0.481. The van der Waals surface area contributed by atoms with E-state index < -0.39 is 92.2 Å². The van der Waals surface area contributed by atoms with Gasteiger partial charge in [0, 0.05) is 12.1 Å². The van der Waals surface area contributed by atoms with E-state index in [0.29, 0.717) is 0 Å². The summed E-state index contributed by atoms with van der Waals surface area (Å²) < 4.78 is 27.3. The van der Waals surface area contributed by atoms with Crippen LogP contribution < -0.4 is 0 Å². The fourth-order valence-electron chi connectivity index (χ4n) is 5.10. The van der Waals surface area contributed by atoms with Crippen LogP contribution in [0.1, 0.15) is 17.2 Å². The maximum atomic E-state index is 11.0. The number of phenolic OH excluding ortho intramolecular Hbond substituents is 4. The SMILES string of the molecule is OC[C@H]1O[C@@H](O[C@H]2[C@H](OC3=Cc4c(O)cc(O)cc4[OH+]C3c3ccc(O)c(O)c3)O[C@H](CO)[C@@H](O)[C@@H]2O)[C@H](O)[C@@H](O)[C@@H]1O. The first kappa shape index (κ1) is 31.0. The topological polar surface area (TPSA) is 272 Å². The Morgan fingerprint density at radius 2 is 1.35 bits per heavy atom. The van der Waals surface area contributed by atoms with Crippen LogP contribution in [0.4, 0.5) is 0 Å². The fourth-order valence-corrected chi connectivity index (χ4v) is 5.10. The third-order valence-corrected chi connectivity index (χ3v) is 7.48. The predicted molar refractivity (Wildman–Crippen MR) is 139 cm³/mol. The van der Waals surface area contributed by atoms with Gasteiger partial charge in [0.05, 0.1) is 24.8 Å². The number of hydrogen-bond donors (Lipinski definition) is 11. The number of aliphatic hydroxyl groups excluding tert-OH is 7. The first-order valence-electron chi connectivity index (χ1n) is 13.2. The highest BCUT2D eigenvalue weighted by Crippen LogP contribution is 2.46. The summed E-state index contributed by atoms with van der Waals surface area (Å²) in [4.78, 5) is 0. The number of fused-ring (bicyclic) bond motifs is 1. The van der Waals surface area contributed by atoms with E-state index in [1.807, 2.05) is 0 Å². The molecule has 0 aromatic heterocycles. The molecule has 43 heavy (non-hydrogen) atoms.